The molecule has 0 radical (unpaired) electrons. The minimum absolute atomic E-state index is 0.354. The topological polar surface area (TPSA) is 48.7 Å². The standard InChI is InChI=1S/C12H15N3O2/c1-16-10-4-5-15-11(7-10)13-14-12(15)9-3-2-6-17-8-9/h4-5,7,9H,2-3,6,8H2,1H3. The highest BCUT2D eigenvalue weighted by Crippen LogP contribution is 2.25. The second-order valence-corrected chi connectivity index (χ2v) is 4.27. The first-order valence-electron chi connectivity index (χ1n) is 5.85. The summed E-state index contributed by atoms with van der Waals surface area (Å²) in [6.45, 7) is 1.61. The van der Waals surface area contributed by atoms with E-state index in [1.807, 2.05) is 22.7 Å². The molecule has 1 aliphatic heterocycles. The van der Waals surface area contributed by atoms with Crippen LogP contribution in [0.1, 0.15) is 24.6 Å². The Labute approximate surface area is 99.4 Å². The number of aromatic nitrogens is 3. The minimum Gasteiger partial charge on any atom is -0.497 e. The van der Waals surface area contributed by atoms with Crippen LogP contribution in [-0.4, -0.2) is 34.9 Å². The molecule has 0 aromatic carbocycles. The van der Waals surface area contributed by atoms with Crippen LogP contribution in [0.2, 0.25) is 0 Å². The van der Waals surface area contributed by atoms with Crippen molar-refractivity contribution in [1.82, 2.24) is 14.6 Å². The lowest BCUT2D eigenvalue weighted by atomic mass is 10.0. The highest BCUT2D eigenvalue weighted by molar-refractivity contribution is 5.44. The summed E-state index contributed by atoms with van der Waals surface area (Å²) in [4.78, 5) is 0. The van der Waals surface area contributed by atoms with Crippen LogP contribution in [0.25, 0.3) is 5.65 Å². The van der Waals surface area contributed by atoms with E-state index in [1.54, 1.807) is 7.11 Å². The predicted molar refractivity (Wildman–Crippen MR) is 62.3 cm³/mol. The molecule has 0 N–H and O–H groups in total. The fraction of sp³-hybridized carbons (Fsp3) is 0.500. The van der Waals surface area contributed by atoms with Gasteiger partial charge in [0, 0.05) is 24.8 Å². The van der Waals surface area contributed by atoms with Gasteiger partial charge < -0.3 is 9.47 Å². The molecule has 90 valence electrons. The van der Waals surface area contributed by atoms with Gasteiger partial charge in [-0.25, -0.2) is 0 Å². The number of methoxy groups -OCH3 is 1. The van der Waals surface area contributed by atoms with Crippen LogP contribution in [0.4, 0.5) is 0 Å². The zero-order valence-corrected chi connectivity index (χ0v) is 9.80. The van der Waals surface area contributed by atoms with Gasteiger partial charge in [-0.3, -0.25) is 4.40 Å². The number of pyridine rings is 1. The molecule has 1 atom stereocenters. The van der Waals surface area contributed by atoms with Crippen LogP contribution >= 0.6 is 0 Å². The van der Waals surface area contributed by atoms with Gasteiger partial charge in [0.1, 0.15) is 11.6 Å². The lowest BCUT2D eigenvalue weighted by Gasteiger charge is -2.20. The Kier molecular flexibility index (Phi) is 2.68. The van der Waals surface area contributed by atoms with E-state index in [2.05, 4.69) is 10.2 Å². The van der Waals surface area contributed by atoms with Gasteiger partial charge in [0.15, 0.2) is 5.65 Å². The average molecular weight is 233 g/mol. The van der Waals surface area contributed by atoms with Crippen LogP contribution in [0.3, 0.4) is 0 Å². The molecule has 0 spiro atoms. The van der Waals surface area contributed by atoms with E-state index < -0.39 is 0 Å². The number of hydrogen-bond acceptors (Lipinski definition) is 4. The molecule has 5 nitrogen and oxygen atoms in total. The van der Waals surface area contributed by atoms with Crippen LogP contribution in [-0.2, 0) is 4.74 Å². The Morgan fingerprint density at radius 3 is 3.18 bits per heavy atom. The normalized spacial score (nSPS) is 20.6. The van der Waals surface area contributed by atoms with Gasteiger partial charge in [-0.05, 0) is 18.9 Å². The Hall–Kier alpha value is -1.62. The third-order valence-corrected chi connectivity index (χ3v) is 3.17. The van der Waals surface area contributed by atoms with Gasteiger partial charge in [-0.2, -0.15) is 0 Å². The zero-order chi connectivity index (χ0) is 11.7. The first-order chi connectivity index (χ1) is 8.38. The van der Waals surface area contributed by atoms with Gasteiger partial charge in [-0.1, -0.05) is 0 Å². The first kappa shape index (κ1) is 10.5. The lowest BCUT2D eigenvalue weighted by molar-refractivity contribution is 0.0778. The average Bonchev–Trinajstić information content (AvgIpc) is 2.82. The molecule has 1 fully saturated rings. The van der Waals surface area contributed by atoms with Crippen LogP contribution in [0.5, 0.6) is 5.75 Å². The molecule has 3 rings (SSSR count). The third kappa shape index (κ3) is 1.86. The molecule has 0 aliphatic carbocycles. The van der Waals surface area contributed by atoms with Gasteiger partial charge in [0.05, 0.1) is 13.7 Å². The highest BCUT2D eigenvalue weighted by Gasteiger charge is 2.21. The van der Waals surface area contributed by atoms with Crippen molar-refractivity contribution >= 4 is 5.65 Å². The Balaban J connectivity index is 1.99. The van der Waals surface area contributed by atoms with E-state index in [9.17, 15) is 0 Å². The van der Waals surface area contributed by atoms with E-state index in [1.165, 1.54) is 0 Å². The predicted octanol–water partition coefficient (Wildman–Crippen LogP) is 1.63. The van der Waals surface area contributed by atoms with Crippen LogP contribution in [0.15, 0.2) is 18.3 Å². The van der Waals surface area contributed by atoms with E-state index in [-0.39, 0.29) is 0 Å². The number of hydrogen-bond donors (Lipinski definition) is 0. The molecule has 2 aromatic rings. The lowest BCUT2D eigenvalue weighted by Crippen LogP contribution is -2.17. The Bertz CT molecular complexity index is 517. The maximum Gasteiger partial charge on any atom is 0.164 e. The monoisotopic (exact) mass is 233 g/mol. The number of fused-ring (bicyclic) bond motifs is 1. The summed E-state index contributed by atoms with van der Waals surface area (Å²) in [5, 5.41) is 8.45. The summed E-state index contributed by atoms with van der Waals surface area (Å²) in [5.74, 6) is 2.14. The summed E-state index contributed by atoms with van der Waals surface area (Å²) in [6, 6.07) is 3.81. The molecular formula is C12H15N3O2. The fourth-order valence-electron chi connectivity index (χ4n) is 2.24. The SMILES string of the molecule is COc1ccn2c(C3CCCOC3)nnc2c1. The summed E-state index contributed by atoms with van der Waals surface area (Å²) in [6.07, 6.45) is 4.17. The smallest absolute Gasteiger partial charge is 0.164 e. The van der Waals surface area contributed by atoms with Gasteiger partial charge in [-0.15, -0.1) is 10.2 Å². The van der Waals surface area contributed by atoms with Gasteiger partial charge >= 0.3 is 0 Å². The highest BCUT2D eigenvalue weighted by atomic mass is 16.5. The van der Waals surface area contributed by atoms with Crippen LogP contribution < -0.4 is 4.74 Å². The molecule has 0 bridgehead atoms. The summed E-state index contributed by atoms with van der Waals surface area (Å²) in [5.41, 5.74) is 0.824. The minimum atomic E-state index is 0.354. The largest absolute Gasteiger partial charge is 0.497 e. The molecule has 0 amide bonds. The molecule has 5 heteroatoms. The van der Waals surface area contributed by atoms with E-state index in [4.69, 9.17) is 9.47 Å². The third-order valence-electron chi connectivity index (χ3n) is 3.17. The van der Waals surface area contributed by atoms with Crippen molar-refractivity contribution in [3.05, 3.63) is 24.2 Å². The molecule has 17 heavy (non-hydrogen) atoms. The van der Waals surface area contributed by atoms with Crippen molar-refractivity contribution in [3.8, 4) is 5.75 Å². The Morgan fingerprint density at radius 1 is 1.47 bits per heavy atom. The molecule has 3 heterocycles. The van der Waals surface area contributed by atoms with Gasteiger partial charge in [0.2, 0.25) is 0 Å². The number of nitrogens with zero attached hydrogens (tertiary/aromatic N) is 3. The molecular weight excluding hydrogens is 218 g/mol. The van der Waals surface area contributed by atoms with Crippen molar-refractivity contribution in [1.29, 1.82) is 0 Å². The zero-order valence-electron chi connectivity index (χ0n) is 9.80. The van der Waals surface area contributed by atoms with Crippen molar-refractivity contribution in [3.63, 3.8) is 0 Å². The van der Waals surface area contributed by atoms with Crippen molar-refractivity contribution < 1.29 is 9.47 Å². The second kappa shape index (κ2) is 4.33. The fourth-order valence-corrected chi connectivity index (χ4v) is 2.24. The maximum absolute atomic E-state index is 5.49. The summed E-state index contributed by atoms with van der Waals surface area (Å²) in [7, 11) is 1.65. The first-order valence-corrected chi connectivity index (χ1v) is 5.85. The molecule has 1 unspecified atom stereocenters. The summed E-state index contributed by atoms with van der Waals surface area (Å²) >= 11 is 0. The Morgan fingerprint density at radius 2 is 2.41 bits per heavy atom. The van der Waals surface area contributed by atoms with Crippen molar-refractivity contribution in [2.24, 2.45) is 0 Å². The molecule has 2 aromatic heterocycles. The van der Waals surface area contributed by atoms with Crippen LogP contribution in [0, 0.1) is 0 Å². The van der Waals surface area contributed by atoms with Gasteiger partial charge in [0.25, 0.3) is 0 Å². The van der Waals surface area contributed by atoms with E-state index in [0.717, 1.165) is 43.3 Å². The van der Waals surface area contributed by atoms with E-state index >= 15 is 0 Å². The maximum atomic E-state index is 5.49. The van der Waals surface area contributed by atoms with Crippen molar-refractivity contribution in [2.75, 3.05) is 20.3 Å². The molecule has 1 saturated heterocycles. The number of ether oxygens (including phenoxy) is 2. The van der Waals surface area contributed by atoms with E-state index in [0.29, 0.717) is 5.92 Å². The second-order valence-electron chi connectivity index (χ2n) is 4.27. The quantitative estimate of drug-likeness (QED) is 0.791. The summed E-state index contributed by atoms with van der Waals surface area (Å²) < 4.78 is 12.7. The van der Waals surface area contributed by atoms with Crippen molar-refractivity contribution in [2.45, 2.75) is 18.8 Å². The number of rotatable bonds is 2. The molecule has 0 saturated carbocycles. The molecule has 1 aliphatic rings.